The molecule has 3 N–H and O–H groups in total. The first-order valence-electron chi connectivity index (χ1n) is 10.0. The molecule has 0 radical (unpaired) electrons. The van der Waals surface area contributed by atoms with Crippen LogP contribution in [0.1, 0.15) is 21.9 Å². The number of carbonyl (C=O) groups is 3. The van der Waals surface area contributed by atoms with Crippen molar-refractivity contribution in [1.82, 2.24) is 19.9 Å². The van der Waals surface area contributed by atoms with Crippen molar-refractivity contribution in [2.75, 3.05) is 0 Å². The fourth-order valence-electron chi connectivity index (χ4n) is 3.68. The van der Waals surface area contributed by atoms with E-state index in [1.165, 1.54) is 6.20 Å². The zero-order valence-electron chi connectivity index (χ0n) is 17.4. The van der Waals surface area contributed by atoms with E-state index in [1.54, 1.807) is 35.9 Å². The maximum Gasteiger partial charge on any atom is 0.287 e. The molecule has 1 atom stereocenters. The molecule has 0 saturated carbocycles. The van der Waals surface area contributed by atoms with Gasteiger partial charge >= 0.3 is 0 Å². The quantitative estimate of drug-likeness (QED) is 0.438. The van der Waals surface area contributed by atoms with Crippen LogP contribution in [-0.4, -0.2) is 38.2 Å². The Kier molecular flexibility index (Phi) is 5.76. The second kappa shape index (κ2) is 8.81. The van der Waals surface area contributed by atoms with Crippen molar-refractivity contribution >= 4 is 28.4 Å². The van der Waals surface area contributed by atoms with Crippen molar-refractivity contribution in [1.29, 1.82) is 0 Å². The molecule has 2 aromatic heterocycles. The average Bonchev–Trinajstić information content (AvgIpc) is 3.20. The lowest BCUT2D eigenvalue weighted by Gasteiger charge is -2.18. The predicted molar refractivity (Wildman–Crippen MR) is 119 cm³/mol. The van der Waals surface area contributed by atoms with E-state index in [2.05, 4.69) is 15.3 Å². The van der Waals surface area contributed by atoms with E-state index in [1.807, 2.05) is 42.5 Å². The summed E-state index contributed by atoms with van der Waals surface area (Å²) in [6.07, 6.45) is 3.13. The molecule has 0 spiro atoms. The number of hydrogen-bond acceptors (Lipinski definition) is 5. The van der Waals surface area contributed by atoms with E-state index in [0.717, 1.165) is 16.3 Å². The Hall–Kier alpha value is -4.33. The van der Waals surface area contributed by atoms with E-state index in [9.17, 15) is 14.4 Å². The Morgan fingerprint density at radius 1 is 1.00 bits per heavy atom. The van der Waals surface area contributed by atoms with Gasteiger partial charge in [-0.3, -0.25) is 19.0 Å². The van der Waals surface area contributed by atoms with E-state index in [0.29, 0.717) is 11.6 Å². The molecule has 0 fully saturated rings. The molecule has 2 aromatic carbocycles. The number of aryl methyl sites for hydroxylation is 1. The van der Waals surface area contributed by atoms with Gasteiger partial charge in [0.05, 0.1) is 6.20 Å². The highest BCUT2D eigenvalue weighted by atomic mass is 16.2. The van der Waals surface area contributed by atoms with Gasteiger partial charge in [-0.1, -0.05) is 48.5 Å². The smallest absolute Gasteiger partial charge is 0.287 e. The van der Waals surface area contributed by atoms with Gasteiger partial charge in [-0.05, 0) is 35.4 Å². The highest BCUT2D eigenvalue weighted by Gasteiger charge is 2.28. The molecular formula is C24H21N5O3. The Morgan fingerprint density at radius 3 is 2.50 bits per heavy atom. The number of imidazole rings is 1. The second-order valence-electron chi connectivity index (χ2n) is 7.31. The monoisotopic (exact) mass is 427 g/mol. The molecule has 4 rings (SSSR count). The molecule has 8 heteroatoms. The van der Waals surface area contributed by atoms with E-state index in [-0.39, 0.29) is 12.1 Å². The molecule has 0 bridgehead atoms. The van der Waals surface area contributed by atoms with Gasteiger partial charge in [0, 0.05) is 12.6 Å². The molecule has 2 heterocycles. The third-order valence-corrected chi connectivity index (χ3v) is 5.22. The summed E-state index contributed by atoms with van der Waals surface area (Å²) in [6, 6.07) is 17.6. The van der Waals surface area contributed by atoms with Crippen LogP contribution in [0.2, 0.25) is 0 Å². The number of rotatable bonds is 7. The van der Waals surface area contributed by atoms with Crippen LogP contribution in [0.4, 0.5) is 0 Å². The number of hydrogen-bond donors (Lipinski definition) is 2. The minimum atomic E-state index is -1.13. The first-order valence-corrected chi connectivity index (χ1v) is 10.0. The van der Waals surface area contributed by atoms with Crippen LogP contribution >= 0.6 is 0 Å². The number of nitrogens with zero attached hydrogens (tertiary/aromatic N) is 3. The summed E-state index contributed by atoms with van der Waals surface area (Å²) in [7, 11) is 0. The highest BCUT2D eigenvalue weighted by Crippen LogP contribution is 2.20. The summed E-state index contributed by atoms with van der Waals surface area (Å²) >= 11 is 0. The van der Waals surface area contributed by atoms with Crippen LogP contribution in [-0.2, 0) is 16.0 Å². The van der Waals surface area contributed by atoms with Gasteiger partial charge in [0.2, 0.25) is 5.78 Å². The largest absolute Gasteiger partial charge is 0.363 e. The van der Waals surface area contributed by atoms with Crippen molar-refractivity contribution in [3.63, 3.8) is 0 Å². The lowest BCUT2D eigenvalue weighted by molar-refractivity contribution is -0.137. The summed E-state index contributed by atoms with van der Waals surface area (Å²) < 4.78 is 1.58. The Balaban J connectivity index is 1.67. The minimum Gasteiger partial charge on any atom is -0.363 e. The number of pyridine rings is 1. The van der Waals surface area contributed by atoms with Gasteiger partial charge in [-0.25, -0.2) is 9.97 Å². The van der Waals surface area contributed by atoms with Crippen LogP contribution in [0.3, 0.4) is 0 Å². The molecule has 0 aliphatic heterocycles. The standard InChI is InChI=1S/C24H21N5O3/c1-15-27-14-20(29(15)21-11-4-5-12-26-21)24(32)28-19(22(30)23(25)31)13-17-9-6-8-16-7-2-3-10-18(16)17/h2-12,14,19H,13H2,1H3,(H2,25,31)(H,28,32). The molecule has 1 unspecified atom stereocenters. The van der Waals surface area contributed by atoms with Crippen molar-refractivity contribution in [2.45, 2.75) is 19.4 Å². The maximum absolute atomic E-state index is 13.1. The molecule has 0 saturated heterocycles. The van der Waals surface area contributed by atoms with Gasteiger partial charge in [-0.15, -0.1) is 0 Å². The van der Waals surface area contributed by atoms with E-state index < -0.39 is 23.6 Å². The van der Waals surface area contributed by atoms with E-state index >= 15 is 0 Å². The third kappa shape index (κ3) is 4.11. The number of benzene rings is 2. The van der Waals surface area contributed by atoms with Crippen molar-refractivity contribution in [2.24, 2.45) is 5.73 Å². The van der Waals surface area contributed by atoms with Crippen LogP contribution in [0.15, 0.2) is 73.1 Å². The molecule has 4 aromatic rings. The van der Waals surface area contributed by atoms with Crippen molar-refractivity contribution < 1.29 is 14.4 Å². The lowest BCUT2D eigenvalue weighted by Crippen LogP contribution is -2.47. The molecule has 32 heavy (non-hydrogen) atoms. The zero-order valence-corrected chi connectivity index (χ0v) is 17.4. The van der Waals surface area contributed by atoms with Gasteiger partial charge < -0.3 is 11.1 Å². The van der Waals surface area contributed by atoms with Gasteiger partial charge in [0.1, 0.15) is 23.4 Å². The highest BCUT2D eigenvalue weighted by molar-refractivity contribution is 6.38. The fraction of sp³-hybridized carbons (Fsp3) is 0.125. The number of nitrogens with two attached hydrogens (primary N) is 1. The van der Waals surface area contributed by atoms with Gasteiger partial charge in [0.15, 0.2) is 0 Å². The number of amides is 2. The topological polar surface area (TPSA) is 120 Å². The number of nitrogens with one attached hydrogen (secondary N) is 1. The molecule has 0 aliphatic rings. The first kappa shape index (κ1) is 20.9. The Labute approximate surface area is 184 Å². The van der Waals surface area contributed by atoms with Crippen LogP contribution in [0, 0.1) is 6.92 Å². The number of fused-ring (bicyclic) bond motifs is 1. The van der Waals surface area contributed by atoms with Gasteiger partial charge in [0.25, 0.3) is 11.8 Å². The Morgan fingerprint density at radius 2 is 1.75 bits per heavy atom. The van der Waals surface area contributed by atoms with Crippen molar-refractivity contribution in [3.05, 3.63) is 90.1 Å². The maximum atomic E-state index is 13.1. The number of aromatic nitrogens is 3. The van der Waals surface area contributed by atoms with Crippen molar-refractivity contribution in [3.8, 4) is 5.82 Å². The summed E-state index contributed by atoms with van der Waals surface area (Å²) in [5, 5.41) is 4.60. The third-order valence-electron chi connectivity index (χ3n) is 5.22. The summed E-state index contributed by atoms with van der Waals surface area (Å²) in [6.45, 7) is 1.74. The zero-order chi connectivity index (χ0) is 22.7. The van der Waals surface area contributed by atoms with Crippen LogP contribution < -0.4 is 11.1 Å². The number of carbonyl (C=O) groups excluding carboxylic acids is 3. The summed E-state index contributed by atoms with van der Waals surface area (Å²) in [5.41, 5.74) is 6.29. The lowest BCUT2D eigenvalue weighted by atomic mass is 9.96. The number of ketones is 1. The molecule has 2 amide bonds. The molecule has 160 valence electrons. The summed E-state index contributed by atoms with van der Waals surface area (Å²) in [5.74, 6) is -1.46. The second-order valence-corrected chi connectivity index (χ2v) is 7.31. The summed E-state index contributed by atoms with van der Waals surface area (Å²) in [4.78, 5) is 45.9. The fourth-order valence-corrected chi connectivity index (χ4v) is 3.68. The number of primary amides is 1. The minimum absolute atomic E-state index is 0.117. The Bertz CT molecular complexity index is 1310. The average molecular weight is 427 g/mol. The predicted octanol–water partition coefficient (Wildman–Crippen LogP) is 2.12. The van der Waals surface area contributed by atoms with Gasteiger partial charge in [-0.2, -0.15) is 0 Å². The normalized spacial score (nSPS) is 11.8. The molecule has 8 nitrogen and oxygen atoms in total. The molecule has 0 aliphatic carbocycles. The van der Waals surface area contributed by atoms with Crippen LogP contribution in [0.25, 0.3) is 16.6 Å². The van der Waals surface area contributed by atoms with Crippen LogP contribution in [0.5, 0.6) is 0 Å². The van der Waals surface area contributed by atoms with E-state index in [4.69, 9.17) is 5.73 Å². The SMILES string of the molecule is Cc1ncc(C(=O)NC(Cc2cccc3ccccc23)C(=O)C(N)=O)n1-c1ccccn1. The first-order chi connectivity index (χ1) is 15.5. The number of Topliss-reactive ketones (excluding diaryl/α,β-unsaturated/α-hetero) is 1. The molecular weight excluding hydrogens is 406 g/mol.